The number of hydrogen-bond donors (Lipinski definition) is 4. The van der Waals surface area contributed by atoms with Crippen molar-refractivity contribution in [3.8, 4) is 11.1 Å². The number of ether oxygens (including phenoxy) is 1. The summed E-state index contributed by atoms with van der Waals surface area (Å²) in [5, 5.41) is 3.82. The van der Waals surface area contributed by atoms with Gasteiger partial charge < -0.3 is 26.5 Å². The van der Waals surface area contributed by atoms with Crippen molar-refractivity contribution >= 4 is 29.2 Å². The second-order valence-corrected chi connectivity index (χ2v) is 6.18. The van der Waals surface area contributed by atoms with Gasteiger partial charge in [-0.3, -0.25) is 4.79 Å². The van der Waals surface area contributed by atoms with Crippen LogP contribution in [-0.2, 0) is 4.74 Å². The summed E-state index contributed by atoms with van der Waals surface area (Å²) in [4.78, 5) is 15.5. The zero-order chi connectivity index (χ0) is 18.4. The van der Waals surface area contributed by atoms with E-state index < -0.39 is 0 Å². The Morgan fingerprint density at radius 3 is 2.63 bits per heavy atom. The zero-order valence-corrected chi connectivity index (χ0v) is 15.8. The van der Waals surface area contributed by atoms with Gasteiger partial charge >= 0.3 is 0 Å². The van der Waals surface area contributed by atoms with Gasteiger partial charge in [0, 0.05) is 30.0 Å². The monoisotopic (exact) mass is 388 g/mol. The van der Waals surface area contributed by atoms with Gasteiger partial charge in [0.25, 0.3) is 5.91 Å². The summed E-state index contributed by atoms with van der Waals surface area (Å²) in [6, 6.07) is 17.8. The molecule has 0 saturated carbocycles. The van der Waals surface area contributed by atoms with Crippen molar-refractivity contribution in [3.63, 3.8) is 0 Å². The van der Waals surface area contributed by atoms with Crippen LogP contribution in [0.4, 0.5) is 0 Å². The molecule has 0 aliphatic rings. The van der Waals surface area contributed by atoms with E-state index in [1.54, 1.807) is 0 Å². The second-order valence-electron chi connectivity index (χ2n) is 6.18. The van der Waals surface area contributed by atoms with Crippen LogP contribution in [0.5, 0.6) is 0 Å². The first kappa shape index (κ1) is 20.9. The molecule has 0 spiro atoms. The molecule has 0 aliphatic heterocycles. The van der Waals surface area contributed by atoms with E-state index in [1.165, 1.54) is 0 Å². The summed E-state index contributed by atoms with van der Waals surface area (Å²) >= 11 is 0. The van der Waals surface area contributed by atoms with E-state index >= 15 is 0 Å². The van der Waals surface area contributed by atoms with Crippen molar-refractivity contribution in [1.82, 2.24) is 10.3 Å². The summed E-state index contributed by atoms with van der Waals surface area (Å²) in [6.07, 6.45) is 0. The number of aromatic amines is 1. The number of nitrogens with one attached hydrogen (secondary N) is 2. The number of hydrogen-bond acceptors (Lipinski definition) is 4. The highest BCUT2D eigenvalue weighted by Crippen LogP contribution is 2.24. The predicted octanol–water partition coefficient (Wildman–Crippen LogP) is 2.29. The molecule has 2 aromatic carbocycles. The van der Waals surface area contributed by atoms with Crippen LogP contribution in [0.3, 0.4) is 0 Å². The Kier molecular flexibility index (Phi) is 7.82. The summed E-state index contributed by atoms with van der Waals surface area (Å²) in [6.45, 7) is 1.63. The molecule has 3 aromatic rings. The van der Waals surface area contributed by atoms with E-state index in [0.29, 0.717) is 32.0 Å². The highest BCUT2D eigenvalue weighted by atomic mass is 35.5. The minimum Gasteiger partial charge on any atom is -0.378 e. The van der Waals surface area contributed by atoms with Gasteiger partial charge in [-0.1, -0.05) is 42.5 Å². The van der Waals surface area contributed by atoms with Gasteiger partial charge in [0.15, 0.2) is 0 Å². The van der Waals surface area contributed by atoms with Gasteiger partial charge in [-0.25, -0.2) is 0 Å². The van der Waals surface area contributed by atoms with Gasteiger partial charge in [-0.05, 0) is 23.3 Å². The van der Waals surface area contributed by atoms with E-state index in [2.05, 4.69) is 28.5 Å². The smallest absolute Gasteiger partial charge is 0.267 e. The van der Waals surface area contributed by atoms with E-state index in [0.717, 1.165) is 22.0 Å². The lowest BCUT2D eigenvalue weighted by atomic mass is 10.0. The molecule has 1 atom stereocenters. The second kappa shape index (κ2) is 10.1. The number of benzene rings is 2. The molecule has 1 amide bonds. The molecule has 6 nitrogen and oxygen atoms in total. The van der Waals surface area contributed by atoms with E-state index in [1.807, 2.05) is 36.4 Å². The number of amides is 1. The maximum absolute atomic E-state index is 12.3. The molecule has 1 aromatic heterocycles. The van der Waals surface area contributed by atoms with Crippen LogP contribution in [-0.4, -0.2) is 43.2 Å². The molecule has 1 unspecified atom stereocenters. The lowest BCUT2D eigenvalue weighted by molar-refractivity contribution is 0.0929. The maximum Gasteiger partial charge on any atom is 0.267 e. The van der Waals surface area contributed by atoms with Crippen molar-refractivity contribution in [2.45, 2.75) is 6.04 Å². The Labute approximate surface area is 164 Å². The average molecular weight is 389 g/mol. The van der Waals surface area contributed by atoms with Gasteiger partial charge in [0.1, 0.15) is 5.69 Å². The Balaban J connectivity index is 0.00000261. The van der Waals surface area contributed by atoms with Gasteiger partial charge in [0.05, 0.1) is 13.2 Å². The minimum absolute atomic E-state index is 0. The molecule has 0 aliphatic carbocycles. The Morgan fingerprint density at radius 2 is 1.89 bits per heavy atom. The first-order valence-electron chi connectivity index (χ1n) is 8.67. The number of fused-ring (bicyclic) bond motifs is 1. The molecule has 3 rings (SSSR count). The quantitative estimate of drug-likeness (QED) is 0.444. The lowest BCUT2D eigenvalue weighted by Gasteiger charge is -2.12. The van der Waals surface area contributed by atoms with Crippen molar-refractivity contribution in [2.75, 3.05) is 26.3 Å². The molecule has 0 radical (unpaired) electrons. The fourth-order valence-electron chi connectivity index (χ4n) is 2.76. The highest BCUT2D eigenvalue weighted by molar-refractivity contribution is 5.98. The largest absolute Gasteiger partial charge is 0.378 e. The van der Waals surface area contributed by atoms with E-state index in [4.69, 9.17) is 16.2 Å². The first-order valence-corrected chi connectivity index (χ1v) is 8.67. The lowest BCUT2D eigenvalue weighted by Crippen LogP contribution is -2.40. The standard InChI is InChI=1S/C20H24N4O2.ClH/c21-8-9-26-13-17(22)12-23-20(25)19-11-16-7-6-15(10-18(16)24-19)14-4-2-1-3-5-14;/h1-7,10-11,17,24H,8-9,12-13,21-22H2,(H,23,25);1H. The van der Waals surface area contributed by atoms with Crippen LogP contribution in [0, 0.1) is 0 Å². The van der Waals surface area contributed by atoms with Gasteiger partial charge in [-0.15, -0.1) is 12.4 Å². The Morgan fingerprint density at radius 1 is 1.11 bits per heavy atom. The van der Waals surface area contributed by atoms with Crippen LogP contribution < -0.4 is 16.8 Å². The number of halogens is 1. The fraction of sp³-hybridized carbons (Fsp3) is 0.250. The van der Waals surface area contributed by atoms with Crippen LogP contribution in [0.1, 0.15) is 10.5 Å². The van der Waals surface area contributed by atoms with Crippen molar-refractivity contribution in [1.29, 1.82) is 0 Å². The number of carbonyl (C=O) groups excluding carboxylic acids is 1. The number of H-pyrrole nitrogens is 1. The van der Waals surface area contributed by atoms with E-state index in [9.17, 15) is 4.79 Å². The molecular weight excluding hydrogens is 364 g/mol. The van der Waals surface area contributed by atoms with E-state index in [-0.39, 0.29) is 24.4 Å². The number of rotatable bonds is 8. The highest BCUT2D eigenvalue weighted by Gasteiger charge is 2.12. The Bertz CT molecular complexity index is 867. The summed E-state index contributed by atoms with van der Waals surface area (Å²) < 4.78 is 5.28. The molecule has 6 N–H and O–H groups in total. The Hall–Kier alpha value is -2.38. The molecule has 144 valence electrons. The van der Waals surface area contributed by atoms with Crippen molar-refractivity contribution in [3.05, 3.63) is 60.3 Å². The third-order valence-electron chi connectivity index (χ3n) is 4.09. The zero-order valence-electron chi connectivity index (χ0n) is 15.0. The summed E-state index contributed by atoms with van der Waals surface area (Å²) in [5.41, 5.74) is 14.9. The molecule has 0 bridgehead atoms. The molecule has 1 heterocycles. The van der Waals surface area contributed by atoms with Crippen LogP contribution in [0.15, 0.2) is 54.6 Å². The third-order valence-corrected chi connectivity index (χ3v) is 4.09. The normalized spacial score (nSPS) is 11.8. The minimum atomic E-state index is -0.264. The van der Waals surface area contributed by atoms with Crippen LogP contribution >= 0.6 is 12.4 Å². The molecule has 0 saturated heterocycles. The number of nitrogens with two attached hydrogens (primary N) is 2. The average Bonchev–Trinajstić information content (AvgIpc) is 3.10. The first-order chi connectivity index (χ1) is 12.7. The maximum atomic E-state index is 12.3. The molecular formula is C20H25ClN4O2. The summed E-state index contributed by atoms with van der Waals surface area (Å²) in [5.74, 6) is -0.184. The van der Waals surface area contributed by atoms with Gasteiger partial charge in [0.2, 0.25) is 0 Å². The van der Waals surface area contributed by atoms with Crippen molar-refractivity contribution < 1.29 is 9.53 Å². The number of aromatic nitrogens is 1. The van der Waals surface area contributed by atoms with Crippen LogP contribution in [0.25, 0.3) is 22.0 Å². The number of carbonyl (C=O) groups is 1. The predicted molar refractivity (Wildman–Crippen MR) is 111 cm³/mol. The molecule has 0 fully saturated rings. The third kappa shape index (κ3) is 5.55. The van der Waals surface area contributed by atoms with Gasteiger partial charge in [-0.2, -0.15) is 0 Å². The summed E-state index contributed by atoms with van der Waals surface area (Å²) in [7, 11) is 0. The molecule has 7 heteroatoms. The van der Waals surface area contributed by atoms with Crippen molar-refractivity contribution in [2.24, 2.45) is 11.5 Å². The SMILES string of the molecule is Cl.NCCOCC(N)CNC(=O)c1cc2ccc(-c3ccccc3)cc2[nH]1. The topological polar surface area (TPSA) is 106 Å². The fourth-order valence-corrected chi connectivity index (χ4v) is 2.76. The van der Waals surface area contributed by atoms with Crippen LogP contribution in [0.2, 0.25) is 0 Å². The molecule has 27 heavy (non-hydrogen) atoms.